The minimum atomic E-state index is 0.325. The molecule has 1 aliphatic rings. The fraction of sp³-hybridized carbons (Fsp3) is 0.615. The van der Waals surface area contributed by atoms with Crippen LogP contribution in [0, 0.1) is 17.2 Å². The zero-order valence-corrected chi connectivity index (χ0v) is 10.8. The van der Waals surface area contributed by atoms with E-state index in [1.807, 2.05) is 6.07 Å². The number of nitriles is 1. The topological polar surface area (TPSA) is 80.1 Å². The predicted molar refractivity (Wildman–Crippen MR) is 69.6 cm³/mol. The summed E-state index contributed by atoms with van der Waals surface area (Å²) in [6, 6.07) is 2.00. The minimum Gasteiger partial charge on any atom is -0.381 e. The standard InChI is InChI=1S/C13H18N4O2/c14-8-12-13(17-5-4-15-12)16-3-1-6-18-9-11-2-7-19-10-11/h4-5,11H,1-3,6-7,9-10H2,(H,16,17)/t11-/m0/s1. The fourth-order valence-electron chi connectivity index (χ4n) is 1.90. The molecule has 1 N–H and O–H groups in total. The molecule has 1 atom stereocenters. The Hall–Kier alpha value is -1.71. The Bertz CT molecular complexity index is 427. The molecule has 1 aliphatic heterocycles. The number of rotatable bonds is 7. The maximum absolute atomic E-state index is 8.85. The van der Waals surface area contributed by atoms with Gasteiger partial charge in [0.15, 0.2) is 11.5 Å². The summed E-state index contributed by atoms with van der Waals surface area (Å²) in [6.45, 7) is 3.87. The highest BCUT2D eigenvalue weighted by Crippen LogP contribution is 2.12. The summed E-state index contributed by atoms with van der Waals surface area (Å²) in [5, 5.41) is 11.9. The lowest BCUT2D eigenvalue weighted by atomic mass is 10.1. The highest BCUT2D eigenvalue weighted by atomic mass is 16.5. The van der Waals surface area contributed by atoms with E-state index >= 15 is 0 Å². The van der Waals surface area contributed by atoms with Crippen molar-refractivity contribution < 1.29 is 9.47 Å². The molecule has 1 saturated heterocycles. The van der Waals surface area contributed by atoms with Gasteiger partial charge in [-0.15, -0.1) is 0 Å². The Labute approximate surface area is 112 Å². The van der Waals surface area contributed by atoms with Gasteiger partial charge in [-0.1, -0.05) is 0 Å². The Balaban J connectivity index is 1.57. The molecular formula is C13H18N4O2. The summed E-state index contributed by atoms with van der Waals surface area (Å²) >= 11 is 0. The first-order valence-corrected chi connectivity index (χ1v) is 6.50. The number of nitrogens with one attached hydrogen (secondary N) is 1. The minimum absolute atomic E-state index is 0.325. The molecule has 6 nitrogen and oxygen atoms in total. The lowest BCUT2D eigenvalue weighted by Gasteiger charge is -2.09. The summed E-state index contributed by atoms with van der Waals surface area (Å²) in [7, 11) is 0. The lowest BCUT2D eigenvalue weighted by molar-refractivity contribution is 0.0897. The van der Waals surface area contributed by atoms with Crippen LogP contribution in [0.4, 0.5) is 5.82 Å². The highest BCUT2D eigenvalue weighted by Gasteiger charge is 2.15. The van der Waals surface area contributed by atoms with Crippen LogP contribution in [-0.4, -0.2) is 42.9 Å². The molecule has 1 aromatic rings. The molecule has 0 radical (unpaired) electrons. The van der Waals surface area contributed by atoms with E-state index in [-0.39, 0.29) is 0 Å². The largest absolute Gasteiger partial charge is 0.381 e. The van der Waals surface area contributed by atoms with Gasteiger partial charge in [0.1, 0.15) is 6.07 Å². The van der Waals surface area contributed by atoms with E-state index in [2.05, 4.69) is 15.3 Å². The predicted octanol–water partition coefficient (Wildman–Crippen LogP) is 1.20. The number of ether oxygens (including phenoxy) is 2. The summed E-state index contributed by atoms with van der Waals surface area (Å²) in [5.74, 6) is 1.09. The second kappa shape index (κ2) is 7.67. The average Bonchev–Trinajstić information content (AvgIpc) is 2.96. The van der Waals surface area contributed by atoms with Gasteiger partial charge in [-0.3, -0.25) is 0 Å². The molecule has 0 aliphatic carbocycles. The number of anilines is 1. The van der Waals surface area contributed by atoms with Crippen LogP contribution in [0.2, 0.25) is 0 Å². The fourth-order valence-corrected chi connectivity index (χ4v) is 1.90. The van der Waals surface area contributed by atoms with Crippen molar-refractivity contribution in [2.75, 3.05) is 38.3 Å². The third kappa shape index (κ3) is 4.47. The molecule has 102 valence electrons. The normalized spacial score (nSPS) is 18.2. The van der Waals surface area contributed by atoms with Crippen LogP contribution in [0.15, 0.2) is 12.4 Å². The van der Waals surface area contributed by atoms with Gasteiger partial charge >= 0.3 is 0 Å². The zero-order chi connectivity index (χ0) is 13.3. The Morgan fingerprint density at radius 2 is 2.37 bits per heavy atom. The van der Waals surface area contributed by atoms with Crippen molar-refractivity contribution in [3.63, 3.8) is 0 Å². The van der Waals surface area contributed by atoms with Crippen molar-refractivity contribution >= 4 is 5.82 Å². The number of nitrogens with zero attached hydrogens (tertiary/aromatic N) is 3. The van der Waals surface area contributed by atoms with E-state index in [4.69, 9.17) is 14.7 Å². The van der Waals surface area contributed by atoms with Gasteiger partial charge in [-0.05, 0) is 12.8 Å². The third-order valence-corrected chi connectivity index (χ3v) is 2.94. The van der Waals surface area contributed by atoms with E-state index < -0.39 is 0 Å². The molecule has 19 heavy (non-hydrogen) atoms. The third-order valence-electron chi connectivity index (χ3n) is 2.94. The Morgan fingerprint density at radius 1 is 1.47 bits per heavy atom. The van der Waals surface area contributed by atoms with Gasteiger partial charge in [-0.2, -0.15) is 5.26 Å². The van der Waals surface area contributed by atoms with Crippen LogP contribution in [0.1, 0.15) is 18.5 Å². The molecule has 1 fully saturated rings. The summed E-state index contributed by atoms with van der Waals surface area (Å²) < 4.78 is 10.9. The smallest absolute Gasteiger partial charge is 0.182 e. The first-order chi connectivity index (χ1) is 9.40. The first kappa shape index (κ1) is 13.7. The zero-order valence-electron chi connectivity index (χ0n) is 10.8. The van der Waals surface area contributed by atoms with Gasteiger partial charge in [0.2, 0.25) is 0 Å². The van der Waals surface area contributed by atoms with E-state index in [0.717, 1.165) is 32.7 Å². The molecule has 0 aromatic carbocycles. The van der Waals surface area contributed by atoms with E-state index in [1.54, 1.807) is 6.20 Å². The molecule has 0 amide bonds. The molecule has 0 saturated carbocycles. The van der Waals surface area contributed by atoms with E-state index in [9.17, 15) is 0 Å². The van der Waals surface area contributed by atoms with Gasteiger partial charge in [0, 0.05) is 38.1 Å². The lowest BCUT2D eigenvalue weighted by Crippen LogP contribution is -2.13. The number of aromatic nitrogens is 2. The molecule has 0 bridgehead atoms. The highest BCUT2D eigenvalue weighted by molar-refractivity contribution is 5.46. The molecule has 6 heteroatoms. The van der Waals surface area contributed by atoms with Crippen molar-refractivity contribution in [2.24, 2.45) is 5.92 Å². The Morgan fingerprint density at radius 3 is 3.16 bits per heavy atom. The second-order valence-electron chi connectivity index (χ2n) is 4.45. The molecule has 1 aromatic heterocycles. The number of hydrogen-bond donors (Lipinski definition) is 1. The van der Waals surface area contributed by atoms with Crippen LogP contribution in [0.25, 0.3) is 0 Å². The summed E-state index contributed by atoms with van der Waals surface area (Å²) in [6.07, 6.45) is 5.05. The Kier molecular flexibility index (Phi) is 5.53. The van der Waals surface area contributed by atoms with Crippen LogP contribution >= 0.6 is 0 Å². The number of hydrogen-bond acceptors (Lipinski definition) is 6. The van der Waals surface area contributed by atoms with Crippen molar-refractivity contribution in [1.29, 1.82) is 5.26 Å². The van der Waals surface area contributed by atoms with Crippen molar-refractivity contribution in [1.82, 2.24) is 9.97 Å². The van der Waals surface area contributed by atoms with Crippen molar-refractivity contribution in [3.8, 4) is 6.07 Å². The maximum Gasteiger partial charge on any atom is 0.182 e. The SMILES string of the molecule is N#Cc1nccnc1NCCCOC[C@@H]1CCOC1. The molecule has 2 heterocycles. The molecule has 2 rings (SSSR count). The first-order valence-electron chi connectivity index (χ1n) is 6.50. The molecular weight excluding hydrogens is 244 g/mol. The van der Waals surface area contributed by atoms with E-state index in [0.29, 0.717) is 30.6 Å². The van der Waals surface area contributed by atoms with E-state index in [1.165, 1.54) is 6.20 Å². The monoisotopic (exact) mass is 262 g/mol. The van der Waals surface area contributed by atoms with Gasteiger partial charge in [0.05, 0.1) is 13.2 Å². The van der Waals surface area contributed by atoms with Gasteiger partial charge < -0.3 is 14.8 Å². The molecule has 0 unspecified atom stereocenters. The van der Waals surface area contributed by atoms with Gasteiger partial charge in [0.25, 0.3) is 0 Å². The summed E-state index contributed by atoms with van der Waals surface area (Å²) in [4.78, 5) is 8.01. The second-order valence-corrected chi connectivity index (χ2v) is 4.45. The van der Waals surface area contributed by atoms with Crippen LogP contribution in [-0.2, 0) is 9.47 Å². The maximum atomic E-state index is 8.85. The van der Waals surface area contributed by atoms with Gasteiger partial charge in [-0.25, -0.2) is 9.97 Å². The van der Waals surface area contributed by atoms with Crippen molar-refractivity contribution in [3.05, 3.63) is 18.1 Å². The van der Waals surface area contributed by atoms with Crippen molar-refractivity contribution in [2.45, 2.75) is 12.8 Å². The average molecular weight is 262 g/mol. The summed E-state index contributed by atoms with van der Waals surface area (Å²) in [5.41, 5.74) is 0.325. The molecule has 0 spiro atoms. The van der Waals surface area contributed by atoms with Crippen LogP contribution in [0.3, 0.4) is 0 Å². The quantitative estimate of drug-likeness (QED) is 0.744. The van der Waals surface area contributed by atoms with Crippen LogP contribution in [0.5, 0.6) is 0 Å². The van der Waals surface area contributed by atoms with Crippen LogP contribution < -0.4 is 5.32 Å².